The predicted octanol–water partition coefficient (Wildman–Crippen LogP) is 3.25. The molecule has 1 aromatic rings. The Kier molecular flexibility index (Phi) is 7.59. The minimum absolute atomic E-state index is 0.409. The van der Waals surface area contributed by atoms with Crippen molar-refractivity contribution in [2.45, 2.75) is 57.1 Å². The zero-order valence-corrected chi connectivity index (χ0v) is 12.9. The van der Waals surface area contributed by atoms with Gasteiger partial charge in [-0.15, -0.1) is 0 Å². The van der Waals surface area contributed by atoms with E-state index < -0.39 is 0 Å². The van der Waals surface area contributed by atoms with Gasteiger partial charge in [0, 0.05) is 12.1 Å². The Balaban J connectivity index is 2.50. The fraction of sp³-hybridized carbons (Fsp3) is 0.692. The molecule has 0 bridgehead atoms. The van der Waals surface area contributed by atoms with E-state index in [0.29, 0.717) is 11.9 Å². The summed E-state index contributed by atoms with van der Waals surface area (Å²) < 4.78 is 0. The number of thioether (sulfide) groups is 1. The number of unbranched alkanes of at least 4 members (excludes halogenated alkanes) is 3. The molecule has 0 spiro atoms. The number of aromatic nitrogens is 2. The van der Waals surface area contributed by atoms with Gasteiger partial charge >= 0.3 is 0 Å². The van der Waals surface area contributed by atoms with E-state index in [1.807, 2.05) is 12.3 Å². The van der Waals surface area contributed by atoms with Crippen LogP contribution in [-0.4, -0.2) is 22.3 Å². The lowest BCUT2D eigenvalue weighted by Crippen LogP contribution is -2.17. The molecule has 5 nitrogen and oxygen atoms in total. The predicted molar refractivity (Wildman–Crippen MR) is 83.5 cm³/mol. The van der Waals surface area contributed by atoms with Crippen molar-refractivity contribution in [2.75, 3.05) is 17.0 Å². The molecule has 0 radical (unpaired) electrons. The van der Waals surface area contributed by atoms with Gasteiger partial charge in [-0.2, -0.15) is 0 Å². The van der Waals surface area contributed by atoms with E-state index in [9.17, 15) is 0 Å². The molecule has 19 heavy (non-hydrogen) atoms. The molecule has 6 heteroatoms. The van der Waals surface area contributed by atoms with Gasteiger partial charge in [-0.05, 0) is 19.6 Å². The van der Waals surface area contributed by atoms with Crippen LogP contribution in [0.25, 0.3) is 0 Å². The number of hydrogen-bond donors (Lipinski definition) is 3. The van der Waals surface area contributed by atoms with Gasteiger partial charge in [-0.25, -0.2) is 15.8 Å². The smallest absolute Gasteiger partial charge is 0.191 e. The van der Waals surface area contributed by atoms with Crippen molar-refractivity contribution in [3.05, 3.63) is 6.07 Å². The van der Waals surface area contributed by atoms with Crippen LogP contribution in [0, 0.1) is 0 Å². The lowest BCUT2D eigenvalue weighted by molar-refractivity contribution is 0.592. The lowest BCUT2D eigenvalue weighted by atomic mass is 10.1. The van der Waals surface area contributed by atoms with E-state index in [0.717, 1.165) is 17.4 Å². The molecule has 108 valence electrons. The van der Waals surface area contributed by atoms with Gasteiger partial charge in [0.15, 0.2) is 5.16 Å². The topological polar surface area (TPSA) is 75.9 Å². The molecule has 0 fully saturated rings. The summed E-state index contributed by atoms with van der Waals surface area (Å²) in [6, 6.07) is 2.24. The quantitative estimate of drug-likeness (QED) is 0.212. The van der Waals surface area contributed by atoms with Crippen molar-refractivity contribution in [1.29, 1.82) is 0 Å². The zero-order chi connectivity index (χ0) is 14.1. The van der Waals surface area contributed by atoms with Gasteiger partial charge in [-0.1, -0.05) is 44.4 Å². The zero-order valence-electron chi connectivity index (χ0n) is 12.1. The molecule has 1 heterocycles. The van der Waals surface area contributed by atoms with Crippen LogP contribution in [0.5, 0.6) is 0 Å². The number of hydrazine groups is 1. The van der Waals surface area contributed by atoms with Gasteiger partial charge in [0.05, 0.1) is 0 Å². The second kappa shape index (κ2) is 8.98. The van der Waals surface area contributed by atoms with E-state index in [1.54, 1.807) is 0 Å². The van der Waals surface area contributed by atoms with Crippen molar-refractivity contribution >= 4 is 23.4 Å². The number of nitrogen functional groups attached to an aromatic ring is 1. The first-order valence-corrected chi connectivity index (χ1v) is 8.08. The molecular weight excluding hydrogens is 258 g/mol. The average Bonchev–Trinajstić information content (AvgIpc) is 2.43. The van der Waals surface area contributed by atoms with Crippen LogP contribution in [0.1, 0.15) is 46.0 Å². The maximum Gasteiger partial charge on any atom is 0.191 e. The Morgan fingerprint density at radius 1 is 1.26 bits per heavy atom. The van der Waals surface area contributed by atoms with Gasteiger partial charge in [0.2, 0.25) is 0 Å². The Morgan fingerprint density at radius 2 is 2.00 bits per heavy atom. The van der Waals surface area contributed by atoms with Crippen LogP contribution in [0.15, 0.2) is 11.2 Å². The average molecular weight is 283 g/mol. The molecule has 0 aliphatic heterocycles. The third-order valence-electron chi connectivity index (χ3n) is 2.92. The molecule has 0 aliphatic rings. The molecule has 1 atom stereocenters. The number of anilines is 2. The van der Waals surface area contributed by atoms with Crippen molar-refractivity contribution in [1.82, 2.24) is 9.97 Å². The van der Waals surface area contributed by atoms with Crippen molar-refractivity contribution in [2.24, 2.45) is 5.84 Å². The lowest BCUT2D eigenvalue weighted by Gasteiger charge is -2.15. The molecule has 0 saturated carbocycles. The van der Waals surface area contributed by atoms with Crippen LogP contribution >= 0.6 is 11.8 Å². The maximum atomic E-state index is 5.41. The summed E-state index contributed by atoms with van der Waals surface area (Å²) in [4.78, 5) is 8.67. The van der Waals surface area contributed by atoms with E-state index in [-0.39, 0.29) is 0 Å². The molecule has 0 saturated heterocycles. The molecule has 0 aromatic carbocycles. The molecular formula is C13H25N5S. The van der Waals surface area contributed by atoms with E-state index in [4.69, 9.17) is 5.84 Å². The molecule has 0 amide bonds. The fourth-order valence-corrected chi connectivity index (χ4v) is 2.25. The van der Waals surface area contributed by atoms with Crippen molar-refractivity contribution < 1.29 is 0 Å². The summed E-state index contributed by atoms with van der Waals surface area (Å²) in [5, 5.41) is 4.13. The van der Waals surface area contributed by atoms with Gasteiger partial charge in [0.25, 0.3) is 0 Å². The summed E-state index contributed by atoms with van der Waals surface area (Å²) in [6.45, 7) is 4.41. The van der Waals surface area contributed by atoms with E-state index in [2.05, 4.69) is 34.6 Å². The molecule has 1 aromatic heterocycles. The summed E-state index contributed by atoms with van der Waals surface area (Å²) in [5.41, 5.74) is 2.57. The van der Waals surface area contributed by atoms with Crippen molar-refractivity contribution in [3.63, 3.8) is 0 Å². The van der Waals surface area contributed by atoms with Gasteiger partial charge in [-0.3, -0.25) is 0 Å². The Hall–Kier alpha value is -1.01. The molecule has 0 aliphatic carbocycles. The molecule has 1 unspecified atom stereocenters. The highest BCUT2D eigenvalue weighted by Gasteiger charge is 2.06. The largest absolute Gasteiger partial charge is 0.367 e. The number of nitrogens with one attached hydrogen (secondary N) is 2. The highest BCUT2D eigenvalue weighted by molar-refractivity contribution is 7.98. The first-order chi connectivity index (χ1) is 9.19. The third kappa shape index (κ3) is 6.11. The second-order valence-electron chi connectivity index (χ2n) is 4.66. The van der Waals surface area contributed by atoms with Crippen LogP contribution in [0.2, 0.25) is 0 Å². The number of rotatable bonds is 9. The van der Waals surface area contributed by atoms with E-state index >= 15 is 0 Å². The summed E-state index contributed by atoms with van der Waals surface area (Å²) in [7, 11) is 0. The summed E-state index contributed by atoms with van der Waals surface area (Å²) in [5.74, 6) is 6.88. The standard InChI is InChI=1S/C13H25N5S/c1-4-5-6-7-8-10(2)15-11-9-12(18-14)17-13(16-11)19-3/h9-10H,4-8,14H2,1-3H3,(H2,15,16,17,18). The number of hydrogen-bond acceptors (Lipinski definition) is 6. The SMILES string of the molecule is CCCCCCC(C)Nc1cc(NN)nc(SC)n1. The Labute approximate surface area is 120 Å². The van der Waals surface area contributed by atoms with Crippen LogP contribution < -0.4 is 16.6 Å². The summed E-state index contributed by atoms with van der Waals surface area (Å²) in [6.07, 6.45) is 8.26. The van der Waals surface area contributed by atoms with Gasteiger partial charge < -0.3 is 10.7 Å². The summed E-state index contributed by atoms with van der Waals surface area (Å²) >= 11 is 1.51. The van der Waals surface area contributed by atoms with Crippen molar-refractivity contribution in [3.8, 4) is 0 Å². The normalized spacial score (nSPS) is 12.2. The molecule has 1 rings (SSSR count). The highest BCUT2D eigenvalue weighted by Crippen LogP contribution is 2.18. The molecule has 4 N–H and O–H groups in total. The van der Waals surface area contributed by atoms with Crippen LogP contribution in [0.4, 0.5) is 11.6 Å². The first kappa shape index (κ1) is 16.0. The maximum absolute atomic E-state index is 5.41. The highest BCUT2D eigenvalue weighted by atomic mass is 32.2. The van der Waals surface area contributed by atoms with E-state index in [1.165, 1.54) is 37.4 Å². The second-order valence-corrected chi connectivity index (χ2v) is 5.44. The monoisotopic (exact) mass is 283 g/mol. The number of nitrogens with two attached hydrogens (primary N) is 1. The minimum Gasteiger partial charge on any atom is -0.367 e. The fourth-order valence-electron chi connectivity index (χ4n) is 1.87. The minimum atomic E-state index is 0.409. The third-order valence-corrected chi connectivity index (χ3v) is 3.47. The number of nitrogens with zero attached hydrogens (tertiary/aromatic N) is 2. The Bertz CT molecular complexity index is 350. The first-order valence-electron chi connectivity index (χ1n) is 6.85. The van der Waals surface area contributed by atoms with Crippen LogP contribution in [0.3, 0.4) is 0 Å². The van der Waals surface area contributed by atoms with Gasteiger partial charge in [0.1, 0.15) is 11.6 Å². The Morgan fingerprint density at radius 3 is 2.63 bits per heavy atom. The van der Waals surface area contributed by atoms with Crippen LogP contribution in [-0.2, 0) is 0 Å².